The summed E-state index contributed by atoms with van der Waals surface area (Å²) in [5, 5.41) is -2.09. The van der Waals surface area contributed by atoms with E-state index >= 15 is 0 Å². The predicted molar refractivity (Wildman–Crippen MR) is 97.2 cm³/mol. The Morgan fingerprint density at radius 2 is 1.52 bits per heavy atom. The standard InChI is InChI=1S/C18H32O7S.Na/c1-3-5-6-7-8-9-10-11-12-14-24-17(19)15-16(26(21,22)23)18(20)25-13-4-2;/h4,13,16H,3,5-12,14-15H2,1-2H3,(H,21,22,23);/q;+1/p-1/b13-4+;. The molecule has 0 radical (unpaired) electrons. The zero-order chi connectivity index (χ0) is 19.8. The Bertz CT molecular complexity index is 532. The van der Waals surface area contributed by atoms with E-state index in [1.807, 2.05) is 0 Å². The molecular weight excluding hydrogens is 383 g/mol. The van der Waals surface area contributed by atoms with Crippen LogP contribution in [-0.2, 0) is 29.2 Å². The number of unbranched alkanes of at least 4 members (excludes halogenated alkanes) is 8. The van der Waals surface area contributed by atoms with Crippen molar-refractivity contribution in [2.75, 3.05) is 6.61 Å². The summed E-state index contributed by atoms with van der Waals surface area (Å²) in [6.07, 6.45) is 11.5. The summed E-state index contributed by atoms with van der Waals surface area (Å²) in [6, 6.07) is 0. The molecule has 0 aliphatic carbocycles. The minimum Gasteiger partial charge on any atom is -0.747 e. The molecule has 0 rings (SSSR count). The van der Waals surface area contributed by atoms with Crippen molar-refractivity contribution in [3.8, 4) is 0 Å². The smallest absolute Gasteiger partial charge is 0.747 e. The van der Waals surface area contributed by atoms with Crippen LogP contribution in [0.3, 0.4) is 0 Å². The number of ether oxygens (including phenoxy) is 2. The van der Waals surface area contributed by atoms with Crippen LogP contribution in [0.1, 0.15) is 78.1 Å². The van der Waals surface area contributed by atoms with Gasteiger partial charge >= 0.3 is 41.5 Å². The molecule has 0 saturated heterocycles. The number of rotatable bonds is 15. The molecule has 0 aliphatic heterocycles. The molecule has 0 N–H and O–H groups in total. The molecule has 0 amide bonds. The van der Waals surface area contributed by atoms with Crippen molar-refractivity contribution in [3.63, 3.8) is 0 Å². The summed E-state index contributed by atoms with van der Waals surface area (Å²) < 4.78 is 42.8. The van der Waals surface area contributed by atoms with Crippen LogP contribution in [-0.4, -0.2) is 36.8 Å². The van der Waals surface area contributed by atoms with Gasteiger partial charge in [-0.2, -0.15) is 0 Å². The number of carbonyl (C=O) groups excluding carboxylic acids is 2. The average Bonchev–Trinajstić information content (AvgIpc) is 2.58. The second kappa shape index (κ2) is 17.7. The Labute approximate surface area is 185 Å². The van der Waals surface area contributed by atoms with Crippen molar-refractivity contribution in [2.24, 2.45) is 0 Å². The molecule has 0 aromatic rings. The fourth-order valence-electron chi connectivity index (χ4n) is 2.32. The van der Waals surface area contributed by atoms with E-state index in [9.17, 15) is 22.6 Å². The number of hydrogen-bond acceptors (Lipinski definition) is 7. The van der Waals surface area contributed by atoms with Gasteiger partial charge in [0.2, 0.25) is 0 Å². The summed E-state index contributed by atoms with van der Waals surface area (Å²) in [6.45, 7) is 3.87. The molecular formula is C18H31NaO7S. The zero-order valence-electron chi connectivity index (χ0n) is 16.8. The minimum atomic E-state index is -5.00. The molecule has 7 nitrogen and oxygen atoms in total. The maximum absolute atomic E-state index is 11.7. The largest absolute Gasteiger partial charge is 1.00 e. The van der Waals surface area contributed by atoms with Crippen LogP contribution in [0.5, 0.6) is 0 Å². The first kappa shape index (κ1) is 28.8. The third-order valence-corrected chi connectivity index (χ3v) is 4.85. The van der Waals surface area contributed by atoms with E-state index in [4.69, 9.17) is 4.74 Å². The SMILES string of the molecule is C/C=C/OC(=O)C(CC(=O)OCCCCCCCCCCC)S(=O)(=O)[O-].[Na+]. The Balaban J connectivity index is 0. The van der Waals surface area contributed by atoms with E-state index in [1.165, 1.54) is 38.2 Å². The van der Waals surface area contributed by atoms with Crippen molar-refractivity contribution < 1.29 is 61.6 Å². The molecule has 0 aromatic carbocycles. The van der Waals surface area contributed by atoms with E-state index in [2.05, 4.69) is 11.7 Å². The summed E-state index contributed by atoms with van der Waals surface area (Å²) >= 11 is 0. The third-order valence-electron chi connectivity index (χ3n) is 3.79. The maximum atomic E-state index is 11.7. The normalized spacial score (nSPS) is 12.4. The van der Waals surface area contributed by atoms with Gasteiger partial charge in [0, 0.05) is 0 Å². The Morgan fingerprint density at radius 3 is 2.00 bits per heavy atom. The van der Waals surface area contributed by atoms with Gasteiger partial charge in [0.05, 0.1) is 19.3 Å². The molecule has 0 heterocycles. The van der Waals surface area contributed by atoms with E-state index in [0.29, 0.717) is 6.42 Å². The van der Waals surface area contributed by atoms with Gasteiger partial charge in [-0.1, -0.05) is 64.4 Å². The number of allylic oxidation sites excluding steroid dienone is 1. The Morgan fingerprint density at radius 1 is 1.00 bits per heavy atom. The van der Waals surface area contributed by atoms with Crippen molar-refractivity contribution in [1.82, 2.24) is 0 Å². The summed E-state index contributed by atoms with van der Waals surface area (Å²) in [4.78, 5) is 23.2. The van der Waals surface area contributed by atoms with Crippen molar-refractivity contribution in [2.45, 2.75) is 83.3 Å². The van der Waals surface area contributed by atoms with Gasteiger partial charge < -0.3 is 14.0 Å². The molecule has 1 unspecified atom stereocenters. The number of hydrogen-bond donors (Lipinski definition) is 0. The number of esters is 2. The predicted octanol–water partition coefficient (Wildman–Crippen LogP) is 0.445. The van der Waals surface area contributed by atoms with Gasteiger partial charge in [-0.15, -0.1) is 0 Å². The fourth-order valence-corrected chi connectivity index (χ4v) is 2.95. The van der Waals surface area contributed by atoms with Gasteiger partial charge in [-0.3, -0.25) is 9.59 Å². The van der Waals surface area contributed by atoms with Gasteiger partial charge in [-0.05, 0) is 13.3 Å². The quantitative estimate of drug-likeness (QED) is 0.126. The second-order valence-electron chi connectivity index (χ2n) is 6.14. The molecule has 0 aromatic heterocycles. The minimum absolute atomic E-state index is 0. The van der Waals surface area contributed by atoms with E-state index < -0.39 is 33.7 Å². The molecule has 27 heavy (non-hydrogen) atoms. The molecule has 152 valence electrons. The molecule has 0 spiro atoms. The van der Waals surface area contributed by atoms with Gasteiger partial charge in [0.25, 0.3) is 0 Å². The molecule has 0 fully saturated rings. The maximum Gasteiger partial charge on any atom is 1.00 e. The van der Waals surface area contributed by atoms with Crippen LogP contribution in [0, 0.1) is 0 Å². The topological polar surface area (TPSA) is 110 Å². The van der Waals surface area contributed by atoms with Crippen molar-refractivity contribution in [3.05, 3.63) is 12.3 Å². The van der Waals surface area contributed by atoms with Crippen LogP contribution in [0.2, 0.25) is 0 Å². The first-order valence-electron chi connectivity index (χ1n) is 9.24. The average molecular weight is 414 g/mol. The van der Waals surface area contributed by atoms with Crippen LogP contribution >= 0.6 is 0 Å². The molecule has 0 aliphatic rings. The Hall–Kier alpha value is -0.410. The van der Waals surface area contributed by atoms with Crippen molar-refractivity contribution in [1.29, 1.82) is 0 Å². The van der Waals surface area contributed by atoms with Crippen LogP contribution in [0.25, 0.3) is 0 Å². The third kappa shape index (κ3) is 16.3. The van der Waals surface area contributed by atoms with Crippen molar-refractivity contribution >= 4 is 22.1 Å². The van der Waals surface area contributed by atoms with Gasteiger partial charge in [-0.25, -0.2) is 8.42 Å². The first-order chi connectivity index (χ1) is 12.3. The van der Waals surface area contributed by atoms with Gasteiger partial charge in [0.1, 0.15) is 10.1 Å². The first-order valence-corrected chi connectivity index (χ1v) is 10.7. The summed E-state index contributed by atoms with van der Waals surface area (Å²) in [5.41, 5.74) is 0. The van der Waals surface area contributed by atoms with E-state index in [-0.39, 0.29) is 36.2 Å². The monoisotopic (exact) mass is 414 g/mol. The molecule has 0 saturated carbocycles. The van der Waals surface area contributed by atoms with Crippen LogP contribution < -0.4 is 29.6 Å². The van der Waals surface area contributed by atoms with E-state index in [0.717, 1.165) is 25.5 Å². The summed E-state index contributed by atoms with van der Waals surface area (Å²) in [7, 11) is -5.00. The van der Waals surface area contributed by atoms with E-state index in [1.54, 1.807) is 6.92 Å². The van der Waals surface area contributed by atoms with Gasteiger partial charge in [0.15, 0.2) is 5.25 Å². The second-order valence-corrected chi connectivity index (χ2v) is 7.70. The summed E-state index contributed by atoms with van der Waals surface area (Å²) in [5.74, 6) is -2.18. The fraction of sp³-hybridized carbons (Fsp3) is 0.778. The van der Waals surface area contributed by atoms with Crippen LogP contribution in [0.4, 0.5) is 0 Å². The molecule has 0 bridgehead atoms. The zero-order valence-corrected chi connectivity index (χ0v) is 19.6. The number of carbonyl (C=O) groups is 2. The Kier molecular flexibility index (Phi) is 18.8. The molecule has 9 heteroatoms. The van der Waals surface area contributed by atoms with Crippen LogP contribution in [0.15, 0.2) is 12.3 Å². The molecule has 1 atom stereocenters.